The van der Waals surface area contributed by atoms with Gasteiger partial charge in [0.05, 0.1) is 13.5 Å². The van der Waals surface area contributed by atoms with E-state index < -0.39 is 18.1 Å². The van der Waals surface area contributed by atoms with E-state index in [2.05, 4.69) is 9.47 Å². The van der Waals surface area contributed by atoms with E-state index in [4.69, 9.17) is 11.6 Å². The van der Waals surface area contributed by atoms with E-state index in [1.165, 1.54) is 12.1 Å². The number of rotatable bonds is 3. The maximum absolute atomic E-state index is 12.1. The molecule has 0 heterocycles. The lowest BCUT2D eigenvalue weighted by Gasteiger charge is -2.12. The van der Waals surface area contributed by atoms with Crippen molar-refractivity contribution in [1.82, 2.24) is 0 Å². The number of esters is 1. The van der Waals surface area contributed by atoms with Crippen molar-refractivity contribution in [2.75, 3.05) is 7.11 Å². The minimum absolute atomic E-state index is 0.0154. The van der Waals surface area contributed by atoms with Gasteiger partial charge in [-0.05, 0) is 18.2 Å². The first-order valence-electron chi connectivity index (χ1n) is 4.43. The summed E-state index contributed by atoms with van der Waals surface area (Å²) in [6, 6.07) is 3.51. The second kappa shape index (κ2) is 5.27. The molecule has 1 aromatic carbocycles. The Morgan fingerprint density at radius 1 is 1.41 bits per heavy atom. The highest BCUT2D eigenvalue weighted by Crippen LogP contribution is 2.29. The average molecular weight is 269 g/mol. The SMILES string of the molecule is COC(=O)Cc1cc(Cl)ccc1OC(F)(F)F. The number of halogens is 4. The molecule has 0 atom stereocenters. The number of carbonyl (C=O) groups is 1. The molecule has 0 saturated carbocycles. The van der Waals surface area contributed by atoms with Gasteiger partial charge in [0.25, 0.3) is 0 Å². The van der Waals surface area contributed by atoms with E-state index in [-0.39, 0.29) is 17.0 Å². The summed E-state index contributed by atoms with van der Waals surface area (Å²) in [5.74, 6) is -1.15. The smallest absolute Gasteiger partial charge is 0.469 e. The molecule has 17 heavy (non-hydrogen) atoms. The molecule has 0 spiro atoms. The molecule has 0 N–H and O–H groups in total. The van der Waals surface area contributed by atoms with E-state index in [1.54, 1.807) is 0 Å². The molecule has 0 unspecified atom stereocenters. The van der Waals surface area contributed by atoms with Crippen LogP contribution in [0.25, 0.3) is 0 Å². The van der Waals surface area contributed by atoms with Gasteiger partial charge in [-0.3, -0.25) is 4.79 Å². The third-order valence-electron chi connectivity index (χ3n) is 1.81. The molecule has 3 nitrogen and oxygen atoms in total. The second-order valence-electron chi connectivity index (χ2n) is 3.05. The van der Waals surface area contributed by atoms with Crippen molar-refractivity contribution in [1.29, 1.82) is 0 Å². The number of alkyl halides is 3. The Labute approximate surface area is 100 Å². The maximum atomic E-state index is 12.1. The fourth-order valence-corrected chi connectivity index (χ4v) is 1.33. The van der Waals surface area contributed by atoms with Gasteiger partial charge < -0.3 is 9.47 Å². The van der Waals surface area contributed by atoms with Crippen LogP contribution in [0.15, 0.2) is 18.2 Å². The summed E-state index contributed by atoms with van der Waals surface area (Å²) in [5.41, 5.74) is 0.0154. The highest BCUT2D eigenvalue weighted by molar-refractivity contribution is 6.30. The van der Waals surface area contributed by atoms with Gasteiger partial charge in [-0.15, -0.1) is 13.2 Å². The molecular formula is C10H8ClF3O3. The van der Waals surface area contributed by atoms with Gasteiger partial charge in [0.15, 0.2) is 0 Å². The lowest BCUT2D eigenvalue weighted by Crippen LogP contribution is -2.19. The molecule has 1 rings (SSSR count). The molecule has 0 radical (unpaired) electrons. The Morgan fingerprint density at radius 3 is 2.59 bits per heavy atom. The van der Waals surface area contributed by atoms with E-state index in [1.807, 2.05) is 0 Å². The normalized spacial score (nSPS) is 11.1. The summed E-state index contributed by atoms with van der Waals surface area (Å²) in [7, 11) is 1.14. The summed E-state index contributed by atoms with van der Waals surface area (Å²) in [4.78, 5) is 11.0. The van der Waals surface area contributed by atoms with E-state index in [0.717, 1.165) is 13.2 Å². The van der Waals surface area contributed by atoms with Crippen LogP contribution in [0.2, 0.25) is 5.02 Å². The zero-order valence-electron chi connectivity index (χ0n) is 8.68. The molecule has 0 amide bonds. The molecule has 0 bridgehead atoms. The highest BCUT2D eigenvalue weighted by atomic mass is 35.5. The van der Waals surface area contributed by atoms with Crippen molar-refractivity contribution < 1.29 is 27.4 Å². The summed E-state index contributed by atoms with van der Waals surface area (Å²) in [5, 5.41) is 0.207. The van der Waals surface area contributed by atoms with Crippen LogP contribution in [-0.4, -0.2) is 19.4 Å². The summed E-state index contributed by atoms with van der Waals surface area (Å²) >= 11 is 5.63. The van der Waals surface area contributed by atoms with Crippen LogP contribution in [0.5, 0.6) is 5.75 Å². The zero-order chi connectivity index (χ0) is 13.1. The van der Waals surface area contributed by atoms with Crippen molar-refractivity contribution in [3.63, 3.8) is 0 Å². The van der Waals surface area contributed by atoms with Gasteiger partial charge in [0, 0.05) is 10.6 Å². The Bertz CT molecular complexity index is 418. The number of methoxy groups -OCH3 is 1. The molecule has 94 valence electrons. The first-order chi connectivity index (χ1) is 7.81. The van der Waals surface area contributed by atoms with Gasteiger partial charge in [-0.2, -0.15) is 0 Å². The lowest BCUT2D eigenvalue weighted by molar-refractivity contribution is -0.274. The van der Waals surface area contributed by atoms with Crippen LogP contribution in [0.1, 0.15) is 5.56 Å². The maximum Gasteiger partial charge on any atom is 0.573 e. The second-order valence-corrected chi connectivity index (χ2v) is 3.49. The van der Waals surface area contributed by atoms with Crippen LogP contribution < -0.4 is 4.74 Å². The van der Waals surface area contributed by atoms with Crippen molar-refractivity contribution in [2.45, 2.75) is 12.8 Å². The standard InChI is InChI=1S/C10H8ClF3O3/c1-16-9(15)5-6-4-7(11)2-3-8(6)17-10(12,13)14/h2-4H,5H2,1H3. The Kier molecular flexibility index (Phi) is 4.22. The van der Waals surface area contributed by atoms with Gasteiger partial charge in [0.2, 0.25) is 0 Å². The van der Waals surface area contributed by atoms with Gasteiger partial charge in [-0.25, -0.2) is 0 Å². The molecule has 0 aliphatic rings. The van der Waals surface area contributed by atoms with Crippen LogP contribution in [0, 0.1) is 0 Å². The fourth-order valence-electron chi connectivity index (χ4n) is 1.14. The fraction of sp³-hybridized carbons (Fsp3) is 0.300. The average Bonchev–Trinajstić information content (AvgIpc) is 2.20. The topological polar surface area (TPSA) is 35.5 Å². The van der Waals surface area contributed by atoms with E-state index in [0.29, 0.717) is 0 Å². The van der Waals surface area contributed by atoms with Gasteiger partial charge in [-0.1, -0.05) is 11.6 Å². The minimum Gasteiger partial charge on any atom is -0.469 e. The summed E-state index contributed by atoms with van der Waals surface area (Å²) in [6.07, 6.45) is -5.17. The number of ether oxygens (including phenoxy) is 2. The highest BCUT2D eigenvalue weighted by Gasteiger charge is 2.32. The first-order valence-corrected chi connectivity index (χ1v) is 4.80. The molecule has 7 heteroatoms. The molecule has 0 aliphatic carbocycles. The number of benzene rings is 1. The zero-order valence-corrected chi connectivity index (χ0v) is 9.43. The Balaban J connectivity index is 2.99. The number of hydrogen-bond acceptors (Lipinski definition) is 3. The van der Waals surface area contributed by atoms with Crippen LogP contribution in [-0.2, 0) is 16.0 Å². The van der Waals surface area contributed by atoms with Crippen molar-refractivity contribution in [2.24, 2.45) is 0 Å². The van der Waals surface area contributed by atoms with Gasteiger partial charge >= 0.3 is 12.3 Å². The van der Waals surface area contributed by atoms with Crippen molar-refractivity contribution in [3.8, 4) is 5.75 Å². The van der Waals surface area contributed by atoms with E-state index >= 15 is 0 Å². The minimum atomic E-state index is -4.82. The number of hydrogen-bond donors (Lipinski definition) is 0. The molecule has 0 saturated heterocycles. The largest absolute Gasteiger partial charge is 0.573 e. The number of carbonyl (C=O) groups excluding carboxylic acids is 1. The molecule has 0 aliphatic heterocycles. The Morgan fingerprint density at radius 2 is 2.06 bits per heavy atom. The van der Waals surface area contributed by atoms with E-state index in [9.17, 15) is 18.0 Å². The molecule has 0 fully saturated rings. The quantitative estimate of drug-likeness (QED) is 0.791. The van der Waals surface area contributed by atoms with Crippen molar-refractivity contribution in [3.05, 3.63) is 28.8 Å². The lowest BCUT2D eigenvalue weighted by atomic mass is 10.1. The van der Waals surface area contributed by atoms with Crippen LogP contribution in [0.4, 0.5) is 13.2 Å². The molecule has 0 aromatic heterocycles. The van der Waals surface area contributed by atoms with Crippen LogP contribution >= 0.6 is 11.6 Å². The van der Waals surface area contributed by atoms with Crippen molar-refractivity contribution >= 4 is 17.6 Å². The monoisotopic (exact) mass is 268 g/mol. The predicted octanol–water partition coefficient (Wildman–Crippen LogP) is 2.95. The predicted molar refractivity (Wildman–Crippen MR) is 53.9 cm³/mol. The molecular weight excluding hydrogens is 261 g/mol. The Hall–Kier alpha value is -1.43. The first kappa shape index (κ1) is 13.6. The summed E-state index contributed by atoms with van der Waals surface area (Å²) in [6.45, 7) is 0. The third-order valence-corrected chi connectivity index (χ3v) is 2.05. The van der Waals surface area contributed by atoms with Gasteiger partial charge in [0.1, 0.15) is 5.75 Å². The third kappa shape index (κ3) is 4.52. The summed E-state index contributed by atoms with van der Waals surface area (Å²) < 4.78 is 44.3. The van der Waals surface area contributed by atoms with Crippen LogP contribution in [0.3, 0.4) is 0 Å². The molecule has 1 aromatic rings.